The quantitative estimate of drug-likeness (QED) is 0.0421. The van der Waals surface area contributed by atoms with Crippen LogP contribution in [-0.4, -0.2) is 317 Å². The summed E-state index contributed by atoms with van der Waals surface area (Å²) in [6, 6.07) is 0. The van der Waals surface area contributed by atoms with Crippen LogP contribution in [0.4, 0.5) is 0 Å². The molecule has 0 radical (unpaired) electrons. The second-order valence-corrected chi connectivity index (χ2v) is 31.1. The van der Waals surface area contributed by atoms with Gasteiger partial charge < -0.3 is 44.8 Å². The molecule has 0 saturated carbocycles. The highest BCUT2D eigenvalue weighted by atomic mass is 15.4. The zero-order chi connectivity index (χ0) is 55.3. The van der Waals surface area contributed by atoms with Crippen LogP contribution in [0.5, 0.6) is 0 Å². The van der Waals surface area contributed by atoms with Gasteiger partial charge in [0.2, 0.25) is 0 Å². The Morgan fingerprint density at radius 2 is 0.222 bits per heavy atom. The third-order valence-corrected chi connectivity index (χ3v) is 18.3. The predicted octanol–water partition coefficient (Wildman–Crippen LogP) is 9.59. The van der Waals surface area contributed by atoms with E-state index in [2.05, 4.69) is 155 Å². The Hall–Kier alpha value is -0.400. The van der Waals surface area contributed by atoms with Gasteiger partial charge in [0.25, 0.3) is 0 Å². The normalized spacial score (nSPS) is 14.2. The van der Waals surface area contributed by atoms with E-state index in [0.717, 1.165) is 0 Å². The van der Waals surface area contributed by atoms with Crippen LogP contribution in [0.3, 0.4) is 0 Å². The first-order valence-electron chi connectivity index (χ1n) is 31.2. The maximum absolute atomic E-state index is 2.48. The van der Waals surface area contributed by atoms with Crippen molar-refractivity contribution in [1.82, 2.24) is 0 Å². The van der Waals surface area contributed by atoms with E-state index in [0.29, 0.717) is 0 Å². The number of unbranched alkanes of at least 4 members (excludes halogenated alkanes) is 15. The van der Waals surface area contributed by atoms with Crippen LogP contribution < -0.4 is 0 Å². The SMILES string of the molecule is CC[N+](C)(C)CCCCCC[N+](C)(C)CC[N+](C)(C)CCCCCC[N+](C)(C)CC[N+](C)(C)CCCCCC[N+](C)(C)CC[N+](C)(C)CCCCCC[N+](C)(C)CC[N+](C)(C)CCCCCC[N+](C)(C)CC. The summed E-state index contributed by atoms with van der Waals surface area (Å²) in [4.78, 5) is 0. The zero-order valence-corrected chi connectivity index (χ0v) is 54.8. The summed E-state index contributed by atoms with van der Waals surface area (Å²) in [7, 11) is 49.0. The van der Waals surface area contributed by atoms with Crippen LogP contribution in [0.2, 0.25) is 0 Å². The molecular weight excluding hydrogens is 885 g/mol. The largest absolute Gasteiger partial charge is 0.329 e. The smallest absolute Gasteiger partial charge is 0.128 e. The first kappa shape index (κ1) is 71.6. The maximum Gasteiger partial charge on any atom is 0.128 e. The molecule has 10 nitrogen and oxygen atoms in total. The lowest BCUT2D eigenvalue weighted by Gasteiger charge is -2.36. The highest BCUT2D eigenvalue weighted by Crippen LogP contribution is 2.16. The molecule has 0 unspecified atom stereocenters. The van der Waals surface area contributed by atoms with Gasteiger partial charge in [-0.25, -0.2) is 0 Å². The second kappa shape index (κ2) is 34.5. The van der Waals surface area contributed by atoms with Crippen LogP contribution in [0.1, 0.15) is 142 Å². The Bertz CT molecular complexity index is 1230. The summed E-state index contributed by atoms with van der Waals surface area (Å²) in [5.74, 6) is 0. The number of likely N-dealkylation sites (N-methyl/N-ethyl adjacent to an activating group) is 8. The monoisotopic (exact) mass is 1030 g/mol. The molecular formula is C62H146N10+10. The number of hydrogen-bond donors (Lipinski definition) is 0. The first-order chi connectivity index (χ1) is 33.0. The van der Waals surface area contributed by atoms with Crippen LogP contribution in [0, 0.1) is 0 Å². The van der Waals surface area contributed by atoms with E-state index in [1.54, 1.807) is 0 Å². The lowest BCUT2D eigenvalue weighted by molar-refractivity contribution is -0.946. The van der Waals surface area contributed by atoms with Gasteiger partial charge in [-0.1, -0.05) is 0 Å². The van der Waals surface area contributed by atoms with Gasteiger partial charge in [0, 0.05) is 0 Å². The topological polar surface area (TPSA) is 0 Å². The van der Waals surface area contributed by atoms with Gasteiger partial charge in [-0.2, -0.15) is 0 Å². The number of hydrogen-bond acceptors (Lipinski definition) is 0. The lowest BCUT2D eigenvalue weighted by atomic mass is 10.1. The van der Waals surface area contributed by atoms with Crippen LogP contribution >= 0.6 is 0 Å². The van der Waals surface area contributed by atoms with Gasteiger partial charge in [0.05, 0.1) is 219 Å². The van der Waals surface area contributed by atoms with Crippen molar-refractivity contribution in [3.8, 4) is 0 Å². The Kier molecular flexibility index (Phi) is 34.3. The molecule has 0 aliphatic rings. The Morgan fingerprint density at radius 3 is 0.319 bits per heavy atom. The van der Waals surface area contributed by atoms with E-state index < -0.39 is 0 Å². The summed E-state index contributed by atoms with van der Waals surface area (Å²) in [6.07, 6.45) is 27.6. The molecule has 0 rings (SSSR count). The molecule has 72 heavy (non-hydrogen) atoms. The van der Waals surface area contributed by atoms with Crippen molar-refractivity contribution in [3.05, 3.63) is 0 Å². The number of nitrogens with zero attached hydrogens (tertiary/aromatic N) is 10. The Balaban J connectivity index is 4.18. The minimum absolute atomic E-state index is 1.17. The van der Waals surface area contributed by atoms with Crippen LogP contribution in [0.25, 0.3) is 0 Å². The highest BCUT2D eigenvalue weighted by Gasteiger charge is 2.27. The number of quaternary nitrogens is 10. The van der Waals surface area contributed by atoms with Crippen LogP contribution in [-0.2, 0) is 0 Å². The van der Waals surface area contributed by atoms with Gasteiger partial charge in [-0.05, 0) is 142 Å². The lowest BCUT2D eigenvalue weighted by Crippen LogP contribution is -2.51. The highest BCUT2D eigenvalue weighted by molar-refractivity contribution is 4.51. The fraction of sp³-hybridized carbons (Fsp3) is 1.00. The average Bonchev–Trinajstić information content (AvgIpc) is 3.27. The summed E-state index contributed by atoms with van der Waals surface area (Å²) in [6.45, 7) is 30.6. The standard InChI is InChI=1S/C62H146N10/c1-23-63(3,4)45-35-25-27-37-47-65(7,8)55-57-67(11,12)49-39-29-31-41-51-69(15,16)59-61-71(19,20)53-43-33-34-44-54-72(21,22)62-60-70(17,18)52-42-32-30-40-50-68(13,14)58-56-66(9,10)48-38-28-26-36-46-64(5,6)24-2/h23-62H2,1-22H3/q+10. The molecule has 434 valence electrons. The van der Waals surface area contributed by atoms with Crippen molar-refractivity contribution in [1.29, 1.82) is 0 Å². The summed E-state index contributed by atoms with van der Waals surface area (Å²) in [5, 5.41) is 0. The molecule has 0 heterocycles. The molecule has 0 amide bonds. The Morgan fingerprint density at radius 1 is 0.125 bits per heavy atom. The van der Waals surface area contributed by atoms with Crippen molar-refractivity contribution >= 4 is 0 Å². The van der Waals surface area contributed by atoms with Crippen LogP contribution in [0.15, 0.2) is 0 Å². The summed E-state index contributed by atoms with van der Waals surface area (Å²) in [5.41, 5.74) is 0. The average molecular weight is 1030 g/mol. The third kappa shape index (κ3) is 41.7. The molecule has 10 heteroatoms. The fourth-order valence-corrected chi connectivity index (χ4v) is 10.5. The molecule has 0 N–H and O–H groups in total. The molecule has 0 aromatic rings. The van der Waals surface area contributed by atoms with Crippen molar-refractivity contribution in [2.24, 2.45) is 0 Å². The minimum Gasteiger partial charge on any atom is -0.329 e. The van der Waals surface area contributed by atoms with Crippen molar-refractivity contribution in [2.45, 2.75) is 142 Å². The van der Waals surface area contributed by atoms with Gasteiger partial charge in [0.15, 0.2) is 0 Å². The Labute approximate surface area is 457 Å². The molecule has 0 saturated heterocycles. The summed E-state index contributed by atoms with van der Waals surface area (Å²) >= 11 is 0. The van der Waals surface area contributed by atoms with E-state index >= 15 is 0 Å². The molecule has 0 aromatic heterocycles. The molecule has 0 bridgehead atoms. The molecule has 0 aliphatic carbocycles. The summed E-state index contributed by atoms with van der Waals surface area (Å²) < 4.78 is 11.7. The van der Waals surface area contributed by atoms with E-state index in [9.17, 15) is 0 Å². The van der Waals surface area contributed by atoms with E-state index in [-0.39, 0.29) is 0 Å². The predicted molar refractivity (Wildman–Crippen MR) is 322 cm³/mol. The zero-order valence-electron chi connectivity index (χ0n) is 54.8. The maximum atomic E-state index is 2.48. The van der Waals surface area contributed by atoms with E-state index in [4.69, 9.17) is 0 Å². The molecule has 0 fully saturated rings. The van der Waals surface area contributed by atoms with Crippen molar-refractivity contribution in [3.63, 3.8) is 0 Å². The van der Waals surface area contributed by atoms with Gasteiger partial charge >= 0.3 is 0 Å². The van der Waals surface area contributed by atoms with Crippen molar-refractivity contribution in [2.75, 3.05) is 272 Å². The minimum atomic E-state index is 1.17. The number of rotatable bonds is 49. The van der Waals surface area contributed by atoms with Crippen molar-refractivity contribution < 1.29 is 44.8 Å². The molecule has 0 atom stereocenters. The second-order valence-electron chi connectivity index (χ2n) is 31.1. The van der Waals surface area contributed by atoms with Gasteiger partial charge in [-0.3, -0.25) is 0 Å². The third-order valence-electron chi connectivity index (χ3n) is 18.3. The van der Waals surface area contributed by atoms with Gasteiger partial charge in [0.1, 0.15) is 52.4 Å². The molecule has 0 aromatic carbocycles. The molecule has 0 spiro atoms. The van der Waals surface area contributed by atoms with Gasteiger partial charge in [-0.15, -0.1) is 0 Å². The van der Waals surface area contributed by atoms with E-state index in [1.807, 2.05) is 0 Å². The molecule has 0 aliphatic heterocycles. The fourth-order valence-electron chi connectivity index (χ4n) is 10.5. The van der Waals surface area contributed by atoms with E-state index in [1.165, 1.54) is 304 Å². The first-order valence-corrected chi connectivity index (χ1v) is 31.2.